The number of nitrogens with one attached hydrogen (secondary N) is 2. The van der Waals surface area contributed by atoms with Crippen molar-refractivity contribution >= 4 is 49.2 Å². The van der Waals surface area contributed by atoms with Crippen molar-refractivity contribution in [1.29, 1.82) is 5.41 Å². The van der Waals surface area contributed by atoms with Crippen LogP contribution in [0.3, 0.4) is 0 Å². The Hall–Kier alpha value is -2.94. The van der Waals surface area contributed by atoms with Gasteiger partial charge in [-0.25, -0.2) is 21.1 Å². The van der Waals surface area contributed by atoms with Crippen LogP contribution < -0.4 is 4.72 Å². The number of carbonyl (C=O) groups excluding carboxylic acids is 1. The molecule has 220 valence electrons. The van der Waals surface area contributed by atoms with Gasteiger partial charge in [-0.05, 0) is 63.4 Å². The lowest BCUT2D eigenvalue weighted by atomic mass is 10.0. The van der Waals surface area contributed by atoms with Crippen molar-refractivity contribution in [2.45, 2.75) is 56.8 Å². The fourth-order valence-corrected chi connectivity index (χ4v) is 7.10. The van der Waals surface area contributed by atoms with Crippen LogP contribution in [-0.4, -0.2) is 51.1 Å². The summed E-state index contributed by atoms with van der Waals surface area (Å²) in [4.78, 5) is 11.6. The maximum absolute atomic E-state index is 13.1. The Morgan fingerprint density at radius 1 is 1.10 bits per heavy atom. The lowest BCUT2D eigenvalue weighted by molar-refractivity contribution is -0.137. The van der Waals surface area contributed by atoms with E-state index in [0.29, 0.717) is 11.6 Å². The first-order chi connectivity index (χ1) is 17.9. The highest BCUT2D eigenvalue weighted by Gasteiger charge is 2.44. The van der Waals surface area contributed by atoms with Gasteiger partial charge in [-0.3, -0.25) is 10.2 Å². The number of benzene rings is 2. The molecule has 0 spiro atoms. The number of rotatable bonds is 8. The van der Waals surface area contributed by atoms with Crippen molar-refractivity contribution in [2.75, 3.05) is 6.61 Å². The van der Waals surface area contributed by atoms with Crippen molar-refractivity contribution in [1.82, 2.24) is 9.03 Å². The second-order valence-corrected chi connectivity index (χ2v) is 13.2. The summed E-state index contributed by atoms with van der Waals surface area (Å²) in [5.74, 6) is -1.12. The Kier molecular flexibility index (Phi) is 9.89. The van der Waals surface area contributed by atoms with E-state index < -0.39 is 60.1 Å². The summed E-state index contributed by atoms with van der Waals surface area (Å²) < 4.78 is 99.3. The third-order valence-electron chi connectivity index (χ3n) is 5.65. The topological polar surface area (TPSA) is 134 Å². The van der Waals surface area contributed by atoms with E-state index in [9.17, 15) is 34.8 Å². The molecule has 2 aromatic carbocycles. The SMILES string of the molecule is CCOC(=N)C(Cc1ccc(C2=CC(=O)N(C(C)(C)C)S2(=O)=O)cc1)NS(=O)(=O)c1cccc(C(F)(F)F)c1.Cl. The van der Waals surface area contributed by atoms with E-state index in [0.717, 1.165) is 28.6 Å². The first-order valence-electron chi connectivity index (χ1n) is 11.7. The molecule has 2 aromatic rings. The van der Waals surface area contributed by atoms with Crippen LogP contribution in [0, 0.1) is 5.41 Å². The quantitative estimate of drug-likeness (QED) is 0.332. The van der Waals surface area contributed by atoms with Crippen molar-refractivity contribution in [3.8, 4) is 0 Å². The molecule has 40 heavy (non-hydrogen) atoms. The van der Waals surface area contributed by atoms with Gasteiger partial charge in [0.25, 0.3) is 15.9 Å². The molecule has 1 aliphatic rings. The lowest BCUT2D eigenvalue weighted by Gasteiger charge is -2.30. The molecule has 0 saturated heterocycles. The van der Waals surface area contributed by atoms with Gasteiger partial charge in [0.2, 0.25) is 10.0 Å². The van der Waals surface area contributed by atoms with Gasteiger partial charge in [0, 0.05) is 6.08 Å². The van der Waals surface area contributed by atoms with Gasteiger partial charge >= 0.3 is 6.18 Å². The number of ether oxygens (including phenoxy) is 1. The molecule has 1 amide bonds. The van der Waals surface area contributed by atoms with Crippen molar-refractivity contribution in [2.24, 2.45) is 0 Å². The van der Waals surface area contributed by atoms with Gasteiger partial charge in [-0.1, -0.05) is 30.3 Å². The minimum atomic E-state index is -4.75. The maximum atomic E-state index is 13.1. The summed E-state index contributed by atoms with van der Waals surface area (Å²) in [6, 6.07) is 7.83. The van der Waals surface area contributed by atoms with E-state index in [1.807, 2.05) is 0 Å². The molecule has 0 aromatic heterocycles. The molecule has 1 atom stereocenters. The van der Waals surface area contributed by atoms with E-state index in [1.54, 1.807) is 27.7 Å². The largest absolute Gasteiger partial charge is 0.480 e. The molecule has 1 aliphatic heterocycles. The molecule has 0 fully saturated rings. The van der Waals surface area contributed by atoms with E-state index in [-0.39, 0.29) is 35.9 Å². The summed E-state index contributed by atoms with van der Waals surface area (Å²) in [6.07, 6.45) is -3.84. The summed E-state index contributed by atoms with van der Waals surface area (Å²) in [6.45, 7) is 6.41. The predicted molar refractivity (Wildman–Crippen MR) is 146 cm³/mol. The van der Waals surface area contributed by atoms with E-state index in [4.69, 9.17) is 10.1 Å². The van der Waals surface area contributed by atoms with Gasteiger partial charge in [-0.15, -0.1) is 12.4 Å². The fourth-order valence-electron chi connectivity index (χ4n) is 3.97. The molecule has 1 unspecified atom stereocenters. The molecule has 0 saturated carbocycles. The lowest BCUT2D eigenvalue weighted by Crippen LogP contribution is -2.45. The molecule has 0 bridgehead atoms. The molecular formula is C25H29ClF3N3O6S2. The minimum Gasteiger partial charge on any atom is -0.480 e. The Labute approximate surface area is 237 Å². The Balaban J connectivity index is 0.00000560. The Morgan fingerprint density at radius 3 is 2.20 bits per heavy atom. The molecule has 9 nitrogen and oxygen atoms in total. The summed E-state index contributed by atoms with van der Waals surface area (Å²) >= 11 is 0. The molecule has 0 radical (unpaired) electrons. The molecular weight excluding hydrogens is 595 g/mol. The zero-order chi connectivity index (χ0) is 29.4. The first kappa shape index (κ1) is 33.3. The molecule has 0 aliphatic carbocycles. The van der Waals surface area contributed by atoms with Crippen molar-refractivity contribution in [3.63, 3.8) is 0 Å². The van der Waals surface area contributed by atoms with E-state index in [2.05, 4.69) is 4.72 Å². The monoisotopic (exact) mass is 623 g/mol. The first-order valence-corrected chi connectivity index (χ1v) is 14.6. The van der Waals surface area contributed by atoms with Gasteiger partial charge < -0.3 is 4.74 Å². The van der Waals surface area contributed by atoms with Gasteiger partial charge in [0.1, 0.15) is 10.9 Å². The number of amides is 1. The third-order valence-corrected chi connectivity index (χ3v) is 9.23. The summed E-state index contributed by atoms with van der Waals surface area (Å²) in [5, 5.41) is 8.15. The van der Waals surface area contributed by atoms with Crippen molar-refractivity contribution < 1.29 is 39.5 Å². The average molecular weight is 624 g/mol. The van der Waals surface area contributed by atoms with E-state index >= 15 is 0 Å². The highest BCUT2D eigenvalue weighted by Crippen LogP contribution is 2.35. The molecule has 2 N–H and O–H groups in total. The van der Waals surface area contributed by atoms with Crippen molar-refractivity contribution in [3.05, 3.63) is 71.3 Å². The number of nitrogens with zero attached hydrogens (tertiary/aromatic N) is 1. The number of alkyl halides is 3. The minimum absolute atomic E-state index is 0. The summed E-state index contributed by atoms with van der Waals surface area (Å²) in [7, 11) is -8.59. The number of carbonyl (C=O) groups is 1. The zero-order valence-electron chi connectivity index (χ0n) is 21.9. The number of hydrogen-bond acceptors (Lipinski definition) is 7. The predicted octanol–water partition coefficient (Wildman–Crippen LogP) is 4.34. The van der Waals surface area contributed by atoms with Crippen LogP contribution in [-0.2, 0) is 42.2 Å². The molecule has 3 rings (SSSR count). The van der Waals surface area contributed by atoms with E-state index in [1.165, 1.54) is 24.3 Å². The second kappa shape index (κ2) is 11.9. The average Bonchev–Trinajstić information content (AvgIpc) is 3.07. The molecule has 15 heteroatoms. The standard InChI is InChI=1S/C25H28F3N3O6S2.ClH/c1-5-37-23(29)20(30-38(33,34)19-8-6-7-18(14-19)25(26,27)28)13-16-9-11-17(12-10-16)21-15-22(32)31(24(2,3)4)39(21,35)36;/h6-12,14-15,20,29-30H,5,13H2,1-4H3;1H. The Morgan fingerprint density at radius 2 is 1.70 bits per heavy atom. The third kappa shape index (κ3) is 7.22. The van der Waals surface area contributed by atoms with Gasteiger partial charge in [0.15, 0.2) is 5.90 Å². The van der Waals surface area contributed by atoms with Crippen LogP contribution in [0.4, 0.5) is 13.2 Å². The summed E-state index contributed by atoms with van der Waals surface area (Å²) in [5.41, 5.74) is -1.41. The fraction of sp³-hybridized carbons (Fsp3) is 0.360. The second-order valence-electron chi connectivity index (χ2n) is 9.68. The molecule has 1 heterocycles. The van der Waals surface area contributed by atoms with Crippen LogP contribution in [0.2, 0.25) is 0 Å². The van der Waals surface area contributed by atoms with Crippen LogP contribution in [0.1, 0.15) is 44.4 Å². The number of halogens is 4. The maximum Gasteiger partial charge on any atom is 0.416 e. The number of hydrogen-bond donors (Lipinski definition) is 2. The van der Waals surface area contributed by atoms with Crippen LogP contribution in [0.5, 0.6) is 0 Å². The smallest absolute Gasteiger partial charge is 0.416 e. The highest BCUT2D eigenvalue weighted by molar-refractivity contribution is 7.99. The Bertz CT molecular complexity index is 1520. The van der Waals surface area contributed by atoms with Crippen LogP contribution >= 0.6 is 12.4 Å². The van der Waals surface area contributed by atoms with Crippen LogP contribution in [0.15, 0.2) is 59.5 Å². The van der Waals surface area contributed by atoms with Gasteiger partial charge in [0.05, 0.1) is 22.6 Å². The van der Waals surface area contributed by atoms with Gasteiger partial charge in [-0.2, -0.15) is 17.9 Å². The number of sulfonamides is 2. The highest BCUT2D eigenvalue weighted by atomic mass is 35.5. The van der Waals surface area contributed by atoms with Crippen LogP contribution in [0.25, 0.3) is 4.91 Å². The zero-order valence-corrected chi connectivity index (χ0v) is 24.4. The normalized spacial score (nSPS) is 16.2.